The largest absolute Gasteiger partial charge is 0.399 e. The molecule has 1 heterocycles. The minimum Gasteiger partial charge on any atom is -0.399 e. The number of imide groups is 1. The number of nitrogens with zero attached hydrogens (tertiary/aromatic N) is 1. The fourth-order valence-corrected chi connectivity index (χ4v) is 2.92. The van der Waals surface area contributed by atoms with Crippen molar-refractivity contribution in [1.29, 1.82) is 0 Å². The van der Waals surface area contributed by atoms with Crippen LogP contribution in [0, 0.1) is 0 Å². The van der Waals surface area contributed by atoms with Crippen LogP contribution in [0.5, 0.6) is 0 Å². The van der Waals surface area contributed by atoms with Crippen LogP contribution in [0.2, 0.25) is 0 Å². The first-order valence-electron chi connectivity index (χ1n) is 6.56. The van der Waals surface area contributed by atoms with Crippen molar-refractivity contribution < 1.29 is 9.59 Å². The highest BCUT2D eigenvalue weighted by atomic mass is 16.2. The summed E-state index contributed by atoms with van der Waals surface area (Å²) < 4.78 is 0. The van der Waals surface area contributed by atoms with Gasteiger partial charge in [-0.05, 0) is 51.3 Å². The number of hydrogen-bond acceptors (Lipinski definition) is 3. The number of fused-ring (bicyclic) bond motifs is 2. The van der Waals surface area contributed by atoms with Crippen LogP contribution in [0.15, 0.2) is 18.2 Å². The van der Waals surface area contributed by atoms with Gasteiger partial charge in [-0.2, -0.15) is 0 Å². The third-order valence-electron chi connectivity index (χ3n) is 4.03. The van der Waals surface area contributed by atoms with Crippen molar-refractivity contribution in [3.05, 3.63) is 29.3 Å². The molecule has 1 aliphatic heterocycles. The minimum atomic E-state index is -0.508. The number of nitrogens with two attached hydrogens (primary N) is 1. The van der Waals surface area contributed by atoms with Gasteiger partial charge in [0.25, 0.3) is 5.91 Å². The zero-order chi connectivity index (χ0) is 14.0. The Hall–Kier alpha value is -1.84. The molecule has 3 rings (SSSR count). The number of carbonyl (C=O) groups is 2. The number of benzene rings is 1. The van der Waals surface area contributed by atoms with Crippen molar-refractivity contribution in [2.45, 2.75) is 44.6 Å². The molecule has 100 valence electrons. The fraction of sp³-hybridized carbons (Fsp3) is 0.467. The predicted molar refractivity (Wildman–Crippen MR) is 72.7 cm³/mol. The highest BCUT2D eigenvalue weighted by Gasteiger charge is 2.60. The highest BCUT2D eigenvalue weighted by Crippen LogP contribution is 2.54. The molecule has 4 heteroatoms. The Labute approximate surface area is 112 Å². The standard InChI is InChI=1S/C15H18N2O2/c1-14(2,3)17-12(18)10-8-9(16)4-5-11(10)15(6-7-15)13(17)19/h4-5,8H,6-7,16H2,1-3H3. The second kappa shape index (κ2) is 3.38. The second-order valence-electron chi connectivity index (χ2n) is 6.50. The van der Waals surface area contributed by atoms with Crippen molar-refractivity contribution >= 4 is 17.5 Å². The van der Waals surface area contributed by atoms with E-state index >= 15 is 0 Å². The summed E-state index contributed by atoms with van der Waals surface area (Å²) in [7, 11) is 0. The molecule has 19 heavy (non-hydrogen) atoms. The van der Waals surface area contributed by atoms with Crippen molar-refractivity contribution in [3.63, 3.8) is 0 Å². The van der Waals surface area contributed by atoms with Crippen molar-refractivity contribution in [2.75, 3.05) is 5.73 Å². The maximum absolute atomic E-state index is 12.7. The van der Waals surface area contributed by atoms with Crippen LogP contribution in [-0.4, -0.2) is 22.3 Å². The van der Waals surface area contributed by atoms with E-state index in [1.807, 2.05) is 26.8 Å². The molecule has 1 aliphatic carbocycles. The molecule has 0 unspecified atom stereocenters. The predicted octanol–water partition coefficient (Wildman–Crippen LogP) is 2.08. The van der Waals surface area contributed by atoms with Gasteiger partial charge in [0.05, 0.1) is 5.41 Å². The Morgan fingerprint density at radius 3 is 2.37 bits per heavy atom. The third kappa shape index (κ3) is 1.52. The average molecular weight is 258 g/mol. The first kappa shape index (κ1) is 12.2. The molecule has 0 aromatic heterocycles. The first-order chi connectivity index (χ1) is 8.77. The smallest absolute Gasteiger partial charge is 0.261 e. The lowest BCUT2D eigenvalue weighted by Crippen LogP contribution is -2.56. The Bertz CT molecular complexity index is 595. The van der Waals surface area contributed by atoms with E-state index in [9.17, 15) is 9.59 Å². The van der Waals surface area contributed by atoms with Gasteiger partial charge in [-0.1, -0.05) is 6.07 Å². The number of amides is 2. The van der Waals surface area contributed by atoms with Crippen LogP contribution >= 0.6 is 0 Å². The topological polar surface area (TPSA) is 63.4 Å². The van der Waals surface area contributed by atoms with Gasteiger partial charge in [-0.3, -0.25) is 14.5 Å². The number of anilines is 1. The van der Waals surface area contributed by atoms with Gasteiger partial charge in [0.2, 0.25) is 5.91 Å². The molecule has 2 amide bonds. The zero-order valence-corrected chi connectivity index (χ0v) is 11.5. The van der Waals surface area contributed by atoms with Gasteiger partial charge in [-0.15, -0.1) is 0 Å². The van der Waals surface area contributed by atoms with Crippen molar-refractivity contribution in [2.24, 2.45) is 0 Å². The van der Waals surface area contributed by atoms with Gasteiger partial charge in [-0.25, -0.2) is 0 Å². The van der Waals surface area contributed by atoms with Crippen LogP contribution in [-0.2, 0) is 10.2 Å². The molecule has 1 aromatic rings. The average Bonchev–Trinajstić information content (AvgIpc) is 3.06. The summed E-state index contributed by atoms with van der Waals surface area (Å²) >= 11 is 0. The maximum Gasteiger partial charge on any atom is 0.261 e. The third-order valence-corrected chi connectivity index (χ3v) is 4.03. The van der Waals surface area contributed by atoms with Gasteiger partial charge < -0.3 is 5.73 Å². The fourth-order valence-electron chi connectivity index (χ4n) is 2.92. The molecule has 0 atom stereocenters. The van der Waals surface area contributed by atoms with Crippen LogP contribution < -0.4 is 5.73 Å². The quantitative estimate of drug-likeness (QED) is 0.572. The number of nitrogen functional groups attached to an aromatic ring is 1. The monoisotopic (exact) mass is 258 g/mol. The number of carbonyl (C=O) groups excluding carboxylic acids is 2. The SMILES string of the molecule is CC(C)(C)N1C(=O)c2cc(N)ccc2C2(CC2)C1=O. The Morgan fingerprint density at radius 2 is 1.84 bits per heavy atom. The number of rotatable bonds is 0. The van der Waals surface area contributed by atoms with E-state index in [1.165, 1.54) is 4.90 Å². The molecule has 1 aromatic carbocycles. The summed E-state index contributed by atoms with van der Waals surface area (Å²) in [5.74, 6) is -0.278. The summed E-state index contributed by atoms with van der Waals surface area (Å²) in [4.78, 5) is 26.7. The highest BCUT2D eigenvalue weighted by molar-refractivity contribution is 6.15. The normalized spacial score (nSPS) is 20.7. The molecule has 0 radical (unpaired) electrons. The first-order valence-corrected chi connectivity index (χ1v) is 6.56. The molecule has 0 bridgehead atoms. The van der Waals surface area contributed by atoms with Crippen LogP contribution in [0.1, 0.15) is 49.5 Å². The Kier molecular flexibility index (Phi) is 2.17. The summed E-state index contributed by atoms with van der Waals surface area (Å²) in [6.07, 6.45) is 1.64. The molecule has 2 N–H and O–H groups in total. The maximum atomic E-state index is 12.7. The molecule has 2 aliphatic rings. The lowest BCUT2D eigenvalue weighted by Gasteiger charge is -2.40. The van der Waals surface area contributed by atoms with Gasteiger partial charge >= 0.3 is 0 Å². The van der Waals surface area contributed by atoms with Gasteiger partial charge in [0.15, 0.2) is 0 Å². The second-order valence-corrected chi connectivity index (χ2v) is 6.50. The van der Waals surface area contributed by atoms with E-state index in [1.54, 1.807) is 12.1 Å². The summed E-state index contributed by atoms with van der Waals surface area (Å²) in [6, 6.07) is 5.31. The van der Waals surface area contributed by atoms with Crippen molar-refractivity contribution in [3.8, 4) is 0 Å². The van der Waals surface area contributed by atoms with E-state index in [4.69, 9.17) is 5.73 Å². The lowest BCUT2D eigenvalue weighted by molar-refractivity contribution is -0.135. The summed E-state index contributed by atoms with van der Waals surface area (Å²) in [6.45, 7) is 5.66. The van der Waals surface area contributed by atoms with E-state index in [-0.39, 0.29) is 11.8 Å². The molecule has 1 saturated carbocycles. The summed E-state index contributed by atoms with van der Waals surface area (Å²) in [5.41, 5.74) is 6.82. The van der Waals surface area contributed by atoms with Crippen LogP contribution in [0.25, 0.3) is 0 Å². The van der Waals surface area contributed by atoms with E-state index in [0.29, 0.717) is 11.3 Å². The molecule has 1 spiro atoms. The van der Waals surface area contributed by atoms with E-state index in [2.05, 4.69) is 0 Å². The molecular weight excluding hydrogens is 240 g/mol. The minimum absolute atomic E-state index is 0.0535. The van der Waals surface area contributed by atoms with E-state index in [0.717, 1.165) is 18.4 Å². The zero-order valence-electron chi connectivity index (χ0n) is 11.5. The summed E-state index contributed by atoms with van der Waals surface area (Å²) in [5, 5.41) is 0. The van der Waals surface area contributed by atoms with Crippen molar-refractivity contribution in [1.82, 2.24) is 4.90 Å². The van der Waals surface area contributed by atoms with Crippen LogP contribution in [0.4, 0.5) is 5.69 Å². The molecule has 0 saturated heterocycles. The van der Waals surface area contributed by atoms with Crippen LogP contribution in [0.3, 0.4) is 0 Å². The lowest BCUT2D eigenvalue weighted by atomic mass is 9.83. The molecule has 1 fully saturated rings. The van der Waals surface area contributed by atoms with Gasteiger partial charge in [0, 0.05) is 16.8 Å². The van der Waals surface area contributed by atoms with Gasteiger partial charge in [0.1, 0.15) is 0 Å². The molecule has 4 nitrogen and oxygen atoms in total. The number of hydrogen-bond donors (Lipinski definition) is 1. The molecular formula is C15H18N2O2. The Morgan fingerprint density at radius 1 is 1.21 bits per heavy atom. The van der Waals surface area contributed by atoms with E-state index < -0.39 is 11.0 Å². The Balaban J connectivity index is 2.23.